The van der Waals surface area contributed by atoms with Crippen LogP contribution in [0.15, 0.2) is 29.1 Å². The average molecular weight is 251 g/mol. The number of ether oxygens (including phenoxy) is 1. The van der Waals surface area contributed by atoms with E-state index in [2.05, 4.69) is 14.7 Å². The highest BCUT2D eigenvalue weighted by atomic mass is 19.1. The summed E-state index contributed by atoms with van der Waals surface area (Å²) in [6, 6.07) is 4.91. The predicted molar refractivity (Wildman–Crippen MR) is 62.4 cm³/mol. The maximum atomic E-state index is 13.5. The first kappa shape index (κ1) is 12.5. The predicted octanol–water partition coefficient (Wildman–Crippen LogP) is 1.85. The zero-order chi connectivity index (χ0) is 13.0. The highest BCUT2D eigenvalue weighted by molar-refractivity contribution is 5.29. The molecule has 0 aliphatic heterocycles. The van der Waals surface area contributed by atoms with Crippen molar-refractivity contribution in [3.63, 3.8) is 0 Å². The fourth-order valence-electron chi connectivity index (χ4n) is 1.68. The van der Waals surface area contributed by atoms with Crippen molar-refractivity contribution in [2.24, 2.45) is 0 Å². The van der Waals surface area contributed by atoms with Crippen molar-refractivity contribution < 1.29 is 13.7 Å². The van der Waals surface area contributed by atoms with Crippen LogP contribution in [0.4, 0.5) is 4.39 Å². The molecule has 96 valence electrons. The van der Waals surface area contributed by atoms with E-state index in [4.69, 9.17) is 4.74 Å². The lowest BCUT2D eigenvalue weighted by molar-refractivity contribution is 0.300. The van der Waals surface area contributed by atoms with E-state index in [1.165, 1.54) is 19.6 Å². The van der Waals surface area contributed by atoms with Crippen molar-refractivity contribution in [3.8, 4) is 5.75 Å². The normalized spacial score (nSPS) is 10.9. The van der Waals surface area contributed by atoms with Crippen LogP contribution < -0.4 is 4.74 Å². The molecule has 0 saturated carbocycles. The minimum atomic E-state index is -0.358. The molecule has 2 rings (SSSR count). The summed E-state index contributed by atoms with van der Waals surface area (Å²) in [6.45, 7) is 1.14. The molecule has 1 aromatic heterocycles. The van der Waals surface area contributed by atoms with E-state index in [1.807, 2.05) is 18.0 Å². The number of halogens is 1. The third kappa shape index (κ3) is 3.04. The molecule has 0 spiro atoms. The van der Waals surface area contributed by atoms with Gasteiger partial charge in [0, 0.05) is 6.54 Å². The second-order valence-corrected chi connectivity index (χ2v) is 3.99. The second-order valence-electron chi connectivity index (χ2n) is 3.99. The molecule has 0 aliphatic rings. The molecule has 0 saturated heterocycles. The Kier molecular flexibility index (Phi) is 3.88. The fraction of sp³-hybridized carbons (Fsp3) is 0.333. The Hall–Kier alpha value is -1.95. The molecule has 0 amide bonds. The molecule has 6 heteroatoms. The maximum absolute atomic E-state index is 13.5. The Labute approximate surface area is 104 Å². The van der Waals surface area contributed by atoms with Crippen molar-refractivity contribution in [1.29, 1.82) is 0 Å². The number of rotatable bonds is 5. The highest BCUT2D eigenvalue weighted by Gasteiger charge is 2.08. The molecule has 1 heterocycles. The first-order valence-corrected chi connectivity index (χ1v) is 5.45. The van der Waals surface area contributed by atoms with Crippen molar-refractivity contribution in [1.82, 2.24) is 15.0 Å². The zero-order valence-electron chi connectivity index (χ0n) is 10.3. The summed E-state index contributed by atoms with van der Waals surface area (Å²) in [5.74, 6) is 0.494. The summed E-state index contributed by atoms with van der Waals surface area (Å²) in [7, 11) is 3.35. The molecule has 1 aromatic carbocycles. The van der Waals surface area contributed by atoms with Crippen LogP contribution in [0.1, 0.15) is 11.4 Å². The molecular weight excluding hydrogens is 237 g/mol. The third-order valence-corrected chi connectivity index (χ3v) is 2.49. The van der Waals surface area contributed by atoms with Crippen LogP contribution >= 0.6 is 0 Å². The van der Waals surface area contributed by atoms with Gasteiger partial charge in [0.15, 0.2) is 17.4 Å². The molecule has 0 bridgehead atoms. The number of aromatic nitrogens is 2. The topological polar surface area (TPSA) is 51.4 Å². The van der Waals surface area contributed by atoms with Crippen LogP contribution in [0.25, 0.3) is 0 Å². The van der Waals surface area contributed by atoms with Gasteiger partial charge in [-0.25, -0.2) is 4.39 Å². The number of hydrogen-bond acceptors (Lipinski definition) is 5. The van der Waals surface area contributed by atoms with Gasteiger partial charge in [-0.3, -0.25) is 4.90 Å². The molecule has 0 atom stereocenters. The van der Waals surface area contributed by atoms with Gasteiger partial charge in [0.25, 0.3) is 0 Å². The van der Waals surface area contributed by atoms with E-state index in [0.717, 1.165) is 5.56 Å². The average Bonchev–Trinajstić information content (AvgIpc) is 2.82. The summed E-state index contributed by atoms with van der Waals surface area (Å²) >= 11 is 0. The minimum Gasteiger partial charge on any atom is -0.494 e. The Bertz CT molecular complexity index is 502. The molecule has 0 aliphatic carbocycles. The Morgan fingerprint density at radius 3 is 2.83 bits per heavy atom. The minimum absolute atomic E-state index is 0.250. The Morgan fingerprint density at radius 2 is 2.22 bits per heavy atom. The van der Waals surface area contributed by atoms with E-state index in [0.29, 0.717) is 18.9 Å². The molecule has 0 unspecified atom stereocenters. The molecule has 0 N–H and O–H groups in total. The summed E-state index contributed by atoms with van der Waals surface area (Å²) in [5, 5.41) is 3.72. The molecule has 5 nitrogen and oxygen atoms in total. The van der Waals surface area contributed by atoms with Crippen LogP contribution in [0, 0.1) is 5.82 Å². The lowest BCUT2D eigenvalue weighted by Crippen LogP contribution is -2.18. The van der Waals surface area contributed by atoms with E-state index in [9.17, 15) is 4.39 Å². The quantitative estimate of drug-likeness (QED) is 0.811. The summed E-state index contributed by atoms with van der Waals surface area (Å²) < 4.78 is 23.0. The standard InChI is InChI=1S/C12H14FN3O2/c1-16(7-12-14-8-18-15-12)6-9-3-4-11(17-2)10(13)5-9/h3-5,8H,6-7H2,1-2H3. The van der Waals surface area contributed by atoms with Crippen LogP contribution in [0.3, 0.4) is 0 Å². The number of hydrogen-bond donors (Lipinski definition) is 0. The van der Waals surface area contributed by atoms with E-state index in [1.54, 1.807) is 6.07 Å². The number of methoxy groups -OCH3 is 1. The van der Waals surface area contributed by atoms with Crippen LogP contribution in [0.2, 0.25) is 0 Å². The smallest absolute Gasteiger partial charge is 0.213 e. The second kappa shape index (κ2) is 5.59. The van der Waals surface area contributed by atoms with Gasteiger partial charge in [0.05, 0.1) is 13.7 Å². The first-order chi connectivity index (χ1) is 8.69. The zero-order valence-corrected chi connectivity index (χ0v) is 10.3. The SMILES string of the molecule is COc1ccc(CN(C)Cc2ncon2)cc1F. The lowest BCUT2D eigenvalue weighted by Gasteiger charge is -2.14. The molecule has 2 aromatic rings. The first-order valence-electron chi connectivity index (χ1n) is 5.45. The molecular formula is C12H14FN3O2. The van der Waals surface area contributed by atoms with Crippen LogP contribution in [0.5, 0.6) is 5.75 Å². The molecule has 0 fully saturated rings. The summed E-state index contributed by atoms with van der Waals surface area (Å²) in [4.78, 5) is 5.89. The third-order valence-electron chi connectivity index (χ3n) is 2.49. The van der Waals surface area contributed by atoms with E-state index < -0.39 is 0 Å². The molecule has 0 radical (unpaired) electrons. The monoisotopic (exact) mass is 251 g/mol. The van der Waals surface area contributed by atoms with Gasteiger partial charge in [-0.15, -0.1) is 0 Å². The van der Waals surface area contributed by atoms with Gasteiger partial charge < -0.3 is 9.26 Å². The van der Waals surface area contributed by atoms with Gasteiger partial charge in [-0.05, 0) is 24.7 Å². The van der Waals surface area contributed by atoms with Crippen molar-refractivity contribution in [3.05, 3.63) is 41.8 Å². The summed E-state index contributed by atoms with van der Waals surface area (Å²) in [5.41, 5.74) is 0.860. The molecule has 18 heavy (non-hydrogen) atoms. The van der Waals surface area contributed by atoms with Gasteiger partial charge in [0.2, 0.25) is 6.39 Å². The van der Waals surface area contributed by atoms with Crippen LogP contribution in [-0.4, -0.2) is 29.2 Å². The lowest BCUT2D eigenvalue weighted by atomic mass is 10.2. The largest absolute Gasteiger partial charge is 0.494 e. The van der Waals surface area contributed by atoms with Gasteiger partial charge in [0.1, 0.15) is 0 Å². The van der Waals surface area contributed by atoms with Crippen molar-refractivity contribution in [2.45, 2.75) is 13.1 Å². The number of benzene rings is 1. The van der Waals surface area contributed by atoms with Crippen molar-refractivity contribution in [2.75, 3.05) is 14.2 Å². The van der Waals surface area contributed by atoms with E-state index >= 15 is 0 Å². The number of nitrogens with zero attached hydrogens (tertiary/aromatic N) is 3. The maximum Gasteiger partial charge on any atom is 0.213 e. The van der Waals surface area contributed by atoms with Crippen LogP contribution in [-0.2, 0) is 13.1 Å². The van der Waals surface area contributed by atoms with Gasteiger partial charge in [-0.1, -0.05) is 11.2 Å². The Balaban J connectivity index is 1.98. The van der Waals surface area contributed by atoms with Gasteiger partial charge >= 0.3 is 0 Å². The Morgan fingerprint density at radius 1 is 1.39 bits per heavy atom. The van der Waals surface area contributed by atoms with Crippen molar-refractivity contribution >= 4 is 0 Å². The van der Waals surface area contributed by atoms with E-state index in [-0.39, 0.29) is 11.6 Å². The fourth-order valence-corrected chi connectivity index (χ4v) is 1.68. The highest BCUT2D eigenvalue weighted by Crippen LogP contribution is 2.18. The van der Waals surface area contributed by atoms with Gasteiger partial charge in [-0.2, -0.15) is 4.98 Å². The summed E-state index contributed by atoms with van der Waals surface area (Å²) in [6.07, 6.45) is 1.29.